The molecule has 4 nitrogen and oxygen atoms in total. The molecule has 1 saturated carbocycles. The van der Waals surface area contributed by atoms with Crippen LogP contribution in [0.2, 0.25) is 5.02 Å². The van der Waals surface area contributed by atoms with Gasteiger partial charge in [-0.3, -0.25) is 9.80 Å². The number of nitrogens with zero attached hydrogens (tertiary/aromatic N) is 2. The highest BCUT2D eigenvalue weighted by Crippen LogP contribution is 2.51. The lowest BCUT2D eigenvalue weighted by atomic mass is 9.78. The number of ether oxygens (including phenoxy) is 1. The second-order valence-corrected chi connectivity index (χ2v) is 8.66. The number of carbonyl (C=O) groups excluding carboxylic acids is 1. The number of methoxy groups -OCH3 is 1. The average molecular weight is 413 g/mol. The number of esters is 1. The van der Waals surface area contributed by atoms with Crippen molar-refractivity contribution < 1.29 is 9.53 Å². The minimum absolute atomic E-state index is 0.136. The zero-order valence-electron chi connectivity index (χ0n) is 17.2. The van der Waals surface area contributed by atoms with Crippen molar-refractivity contribution in [3.05, 3.63) is 70.7 Å². The van der Waals surface area contributed by atoms with Crippen LogP contribution in [0.3, 0.4) is 0 Å². The van der Waals surface area contributed by atoms with E-state index in [1.807, 2.05) is 49.5 Å². The van der Waals surface area contributed by atoms with Gasteiger partial charge in [0.25, 0.3) is 0 Å². The minimum atomic E-state index is -0.902. The Morgan fingerprint density at radius 2 is 1.69 bits per heavy atom. The van der Waals surface area contributed by atoms with Gasteiger partial charge in [0.1, 0.15) is 0 Å². The molecule has 0 aromatic heterocycles. The first-order valence-corrected chi connectivity index (χ1v) is 10.8. The summed E-state index contributed by atoms with van der Waals surface area (Å²) in [4.78, 5) is 18.2. The predicted molar refractivity (Wildman–Crippen MR) is 116 cm³/mol. The zero-order valence-corrected chi connectivity index (χ0v) is 17.9. The van der Waals surface area contributed by atoms with Crippen molar-refractivity contribution in [2.24, 2.45) is 0 Å². The van der Waals surface area contributed by atoms with Crippen molar-refractivity contribution in [2.45, 2.75) is 49.7 Å². The smallest absolute Gasteiger partial charge is 0.333 e. The number of halogens is 1. The van der Waals surface area contributed by atoms with E-state index in [9.17, 15) is 4.79 Å². The van der Waals surface area contributed by atoms with Crippen LogP contribution in [0, 0.1) is 0 Å². The maximum Gasteiger partial charge on any atom is 0.333 e. The van der Waals surface area contributed by atoms with Gasteiger partial charge in [-0.15, -0.1) is 0 Å². The van der Waals surface area contributed by atoms with Crippen LogP contribution in [0.25, 0.3) is 0 Å². The fourth-order valence-corrected chi connectivity index (χ4v) is 5.44. The maximum atomic E-state index is 13.5. The molecule has 0 bridgehead atoms. The summed E-state index contributed by atoms with van der Waals surface area (Å²) in [6.07, 6.45) is 6.13. The molecule has 0 radical (unpaired) electrons. The molecule has 5 heteroatoms. The van der Waals surface area contributed by atoms with E-state index in [1.165, 1.54) is 39.2 Å². The summed E-state index contributed by atoms with van der Waals surface area (Å²) in [5.74, 6) is -0.218. The molecular formula is C24H29ClN2O2. The highest BCUT2D eigenvalue weighted by atomic mass is 35.5. The van der Waals surface area contributed by atoms with E-state index in [0.717, 1.165) is 17.8 Å². The van der Waals surface area contributed by atoms with Gasteiger partial charge in [0.05, 0.1) is 19.8 Å². The number of likely N-dealkylation sites (N-methyl/N-ethyl adjacent to an activating group) is 1. The molecule has 1 saturated heterocycles. The Balaban J connectivity index is 1.90. The fraction of sp³-hybridized carbons (Fsp3) is 0.458. The summed E-state index contributed by atoms with van der Waals surface area (Å²) in [6.45, 7) is 0.724. The molecular weight excluding hydrogens is 384 g/mol. The summed E-state index contributed by atoms with van der Waals surface area (Å²) in [5.41, 5.74) is 1.16. The van der Waals surface area contributed by atoms with E-state index in [2.05, 4.69) is 21.9 Å². The number of carbonyl (C=O) groups is 1. The molecule has 29 heavy (non-hydrogen) atoms. The molecule has 2 aromatic rings. The van der Waals surface area contributed by atoms with Crippen LogP contribution in [-0.2, 0) is 15.1 Å². The Labute approximate surface area is 178 Å². The lowest BCUT2D eigenvalue weighted by Gasteiger charge is -2.41. The van der Waals surface area contributed by atoms with Crippen LogP contribution in [0.4, 0.5) is 0 Å². The van der Waals surface area contributed by atoms with Gasteiger partial charge in [0, 0.05) is 11.1 Å². The van der Waals surface area contributed by atoms with Crippen LogP contribution in [0.5, 0.6) is 0 Å². The predicted octanol–water partition coefficient (Wildman–Crippen LogP) is 4.99. The third-order valence-electron chi connectivity index (χ3n) is 6.64. The first-order valence-electron chi connectivity index (χ1n) is 10.5. The summed E-state index contributed by atoms with van der Waals surface area (Å²) in [5, 5.41) is 0.702. The Hall–Kier alpha value is -1.88. The summed E-state index contributed by atoms with van der Waals surface area (Å²) < 4.78 is 5.44. The lowest BCUT2D eigenvalue weighted by molar-refractivity contribution is -0.155. The number of hydrogen-bond acceptors (Lipinski definition) is 4. The molecule has 0 spiro atoms. The molecule has 2 aliphatic rings. The zero-order chi connectivity index (χ0) is 20.4. The van der Waals surface area contributed by atoms with Crippen LogP contribution in [0.1, 0.15) is 49.3 Å². The highest BCUT2D eigenvalue weighted by molar-refractivity contribution is 6.30. The van der Waals surface area contributed by atoms with E-state index < -0.39 is 5.54 Å². The van der Waals surface area contributed by atoms with Crippen molar-refractivity contribution in [1.29, 1.82) is 0 Å². The molecule has 1 aliphatic heterocycles. The van der Waals surface area contributed by atoms with Gasteiger partial charge in [-0.25, -0.2) is 4.79 Å². The average Bonchev–Trinajstić information content (AvgIpc) is 3.08. The Morgan fingerprint density at radius 3 is 2.31 bits per heavy atom. The van der Waals surface area contributed by atoms with Gasteiger partial charge < -0.3 is 4.74 Å². The molecule has 4 rings (SSSR count). The third kappa shape index (κ3) is 3.48. The normalized spacial score (nSPS) is 26.5. The van der Waals surface area contributed by atoms with E-state index >= 15 is 0 Å². The number of hydrogen-bond donors (Lipinski definition) is 0. The van der Waals surface area contributed by atoms with Gasteiger partial charge in [-0.2, -0.15) is 0 Å². The van der Waals surface area contributed by atoms with Crippen LogP contribution in [0.15, 0.2) is 54.6 Å². The molecule has 2 atom stereocenters. The van der Waals surface area contributed by atoms with Crippen LogP contribution >= 0.6 is 11.6 Å². The quantitative estimate of drug-likeness (QED) is 0.662. The molecule has 154 valence electrons. The topological polar surface area (TPSA) is 32.8 Å². The standard InChI is InChI=1S/C24H29ClN2O2/c1-26-17-27(21-11-7-4-8-12-21)22(18-13-15-20(25)16-14-18)24(26,23(28)29-2)19-9-5-3-6-10-19/h3,5-6,9-10,13-16,21-22H,4,7-8,11-12,17H2,1-2H3. The van der Waals surface area contributed by atoms with Gasteiger partial charge in [0.15, 0.2) is 5.54 Å². The SMILES string of the molecule is COC(=O)C1(c2ccccc2)C(c2ccc(Cl)cc2)N(C2CCCCC2)CN1C. The first-order chi connectivity index (χ1) is 14.1. The summed E-state index contributed by atoms with van der Waals surface area (Å²) >= 11 is 6.19. The molecule has 1 aliphatic carbocycles. The minimum Gasteiger partial charge on any atom is -0.467 e. The van der Waals surface area contributed by atoms with Crippen molar-refractivity contribution in [2.75, 3.05) is 20.8 Å². The molecule has 0 N–H and O–H groups in total. The monoisotopic (exact) mass is 412 g/mol. The summed E-state index contributed by atoms with van der Waals surface area (Å²) in [6, 6.07) is 18.3. The second kappa shape index (κ2) is 8.47. The Morgan fingerprint density at radius 1 is 1.03 bits per heavy atom. The van der Waals surface area contributed by atoms with Crippen LogP contribution < -0.4 is 0 Å². The van der Waals surface area contributed by atoms with Gasteiger partial charge in [-0.05, 0) is 43.1 Å². The van der Waals surface area contributed by atoms with E-state index in [4.69, 9.17) is 16.3 Å². The van der Waals surface area contributed by atoms with Crippen molar-refractivity contribution >= 4 is 17.6 Å². The molecule has 2 fully saturated rings. The van der Waals surface area contributed by atoms with Gasteiger partial charge >= 0.3 is 5.97 Å². The number of benzene rings is 2. The Kier molecular flexibility index (Phi) is 5.95. The van der Waals surface area contributed by atoms with E-state index in [0.29, 0.717) is 11.1 Å². The van der Waals surface area contributed by atoms with Gasteiger partial charge in [0.2, 0.25) is 0 Å². The lowest BCUT2D eigenvalue weighted by Crippen LogP contribution is -2.51. The highest BCUT2D eigenvalue weighted by Gasteiger charge is 2.60. The summed E-state index contributed by atoms with van der Waals surface area (Å²) in [7, 11) is 3.53. The third-order valence-corrected chi connectivity index (χ3v) is 6.90. The Bertz CT molecular complexity index is 836. The van der Waals surface area contributed by atoms with Crippen LogP contribution in [-0.4, -0.2) is 42.6 Å². The molecule has 0 amide bonds. The van der Waals surface area contributed by atoms with Crippen molar-refractivity contribution in [3.8, 4) is 0 Å². The van der Waals surface area contributed by atoms with E-state index in [1.54, 1.807) is 0 Å². The molecule has 2 aromatic carbocycles. The first kappa shape index (κ1) is 20.4. The van der Waals surface area contributed by atoms with E-state index in [-0.39, 0.29) is 12.0 Å². The van der Waals surface area contributed by atoms with Crippen molar-refractivity contribution in [1.82, 2.24) is 9.80 Å². The second-order valence-electron chi connectivity index (χ2n) is 8.22. The molecule has 2 unspecified atom stereocenters. The number of rotatable bonds is 4. The molecule has 1 heterocycles. The van der Waals surface area contributed by atoms with Crippen molar-refractivity contribution in [3.63, 3.8) is 0 Å². The van der Waals surface area contributed by atoms with Gasteiger partial charge in [-0.1, -0.05) is 73.3 Å². The maximum absolute atomic E-state index is 13.5. The largest absolute Gasteiger partial charge is 0.467 e. The fourth-order valence-electron chi connectivity index (χ4n) is 5.32.